The minimum Gasteiger partial charge on any atom is -0.749 e. The molecule has 0 bridgehead atoms. The van der Waals surface area contributed by atoms with Gasteiger partial charge in [0, 0.05) is 0 Å². The van der Waals surface area contributed by atoms with Crippen LogP contribution in [0.1, 0.15) is 0 Å². The summed E-state index contributed by atoms with van der Waals surface area (Å²) in [6.45, 7) is 0. The van der Waals surface area contributed by atoms with Crippen molar-refractivity contribution < 1.29 is 90.9 Å². The molecule has 16 heteroatoms. The Labute approximate surface area is 114 Å². The molecule has 0 fully saturated rings. The van der Waals surface area contributed by atoms with Gasteiger partial charge < -0.3 is 14.7 Å². The number of rotatable bonds is 0. The summed E-state index contributed by atoms with van der Waals surface area (Å²) >= 11 is 0. The van der Waals surface area contributed by atoms with Crippen LogP contribution in [0, 0.1) is 37.3 Å². The van der Waals surface area contributed by atoms with E-state index in [9.17, 15) is 25.2 Å². The summed E-state index contributed by atoms with van der Waals surface area (Å²) in [4.78, 5) is 25.0. The van der Waals surface area contributed by atoms with Gasteiger partial charge in [0.05, 0.1) is 0 Å². The molecule has 0 atom stereocenters. The van der Waals surface area contributed by atoms with Gasteiger partial charge in [0.2, 0.25) is 0 Å². The molecule has 0 amide bonds. The molecule has 0 rings (SSSR count). The van der Waals surface area contributed by atoms with Crippen molar-refractivity contribution in [2.24, 2.45) is 0 Å². The van der Waals surface area contributed by atoms with E-state index < -0.39 is 24.0 Å². The third-order valence-electron chi connectivity index (χ3n) is 0. The van der Waals surface area contributed by atoms with Crippen LogP contribution in [0.4, 0.5) is 25.2 Å². The van der Waals surface area contributed by atoms with E-state index in [1.54, 1.807) is 0 Å². The zero-order valence-electron chi connectivity index (χ0n) is 6.35. The quantitative estimate of drug-likeness (QED) is 0.388. The Morgan fingerprint density at radius 2 is 0.562 bits per heavy atom. The summed E-state index contributed by atoms with van der Waals surface area (Å²) in [6, 6.07) is 0. The molecule has 0 aliphatic carbocycles. The molecule has 105 valence electrons. The van der Waals surface area contributed by atoms with E-state index in [0.717, 1.165) is 0 Å². The zero-order chi connectivity index (χ0) is 13.5. The summed E-state index contributed by atoms with van der Waals surface area (Å²) in [5.41, 5.74) is 0. The fourth-order valence-electron chi connectivity index (χ4n) is 0. The van der Waals surface area contributed by atoms with Crippen molar-refractivity contribution in [3.8, 4) is 0 Å². The van der Waals surface area contributed by atoms with Gasteiger partial charge in [-0.1, -0.05) is 0 Å². The van der Waals surface area contributed by atoms with Crippen LogP contribution < -0.4 is 14.7 Å². The summed E-state index contributed by atoms with van der Waals surface area (Å²) in [6.07, 6.45) is 0. The van der Waals surface area contributed by atoms with Crippen molar-refractivity contribution >= 4 is 24.0 Å². The third kappa shape index (κ3) is 1640. The molecule has 0 aliphatic rings. The minimum absolute atomic E-state index is 0. The minimum atomic E-state index is -5.89. The Balaban J connectivity index is -0.0000000655. The Bertz CT molecular complexity index is 214. The van der Waals surface area contributed by atoms with Crippen molar-refractivity contribution in [2.75, 3.05) is 0 Å². The summed E-state index contributed by atoms with van der Waals surface area (Å²) in [7, 11) is -17.7. The van der Waals surface area contributed by atoms with E-state index in [-0.39, 0.29) is 37.3 Å². The second-order valence-corrected chi connectivity index (χ2v) is 3.73. The predicted molar refractivity (Wildman–Crippen MR) is 29.5 cm³/mol. The summed E-state index contributed by atoms with van der Waals surface area (Å²) in [5.74, 6) is 0. The van der Waals surface area contributed by atoms with Crippen LogP contribution in [0.3, 0.4) is 0 Å². The van der Waals surface area contributed by atoms with Gasteiger partial charge in [-0.25, -0.2) is 0 Å². The monoisotopic (exact) mass is 469 g/mol. The molecule has 0 saturated heterocycles. The van der Waals surface area contributed by atoms with E-state index in [4.69, 9.17) is 28.4 Å². The largest absolute Gasteiger partial charge is 3.00 e. The summed E-state index contributed by atoms with van der Waals surface area (Å²) < 4.78 is 85.1. The van der Waals surface area contributed by atoms with Crippen molar-refractivity contribution in [3.63, 3.8) is 0 Å². The average molecular weight is 470 g/mol. The van der Waals surface area contributed by atoms with Crippen LogP contribution in [-0.4, -0.2) is 0 Å². The first-order valence-electron chi connectivity index (χ1n) is 2.11. The van der Waals surface area contributed by atoms with Gasteiger partial charge in [0.25, 0.3) is 0 Å². The molecule has 1 radical (unpaired) electrons. The second kappa shape index (κ2) is 10.3. The molecule has 16 heavy (non-hydrogen) atoms. The van der Waals surface area contributed by atoms with Crippen LogP contribution >= 0.6 is 24.0 Å². The molecule has 0 N–H and O–H groups in total. The Kier molecular flexibility index (Phi) is 16.8. The smallest absolute Gasteiger partial charge is 0.749 e. The molecule has 0 unspecified atom stereocenters. The van der Waals surface area contributed by atoms with Gasteiger partial charge in [-0.2, -0.15) is 25.2 Å². The zero-order valence-corrected chi connectivity index (χ0v) is 10.9. The van der Waals surface area contributed by atoms with Gasteiger partial charge >= 0.3 is 61.3 Å². The molecule has 0 aliphatic heterocycles. The van der Waals surface area contributed by atoms with E-state index >= 15 is 0 Å². The van der Waals surface area contributed by atoms with Crippen LogP contribution in [-0.2, 0) is 13.7 Å². The third-order valence-corrected chi connectivity index (χ3v) is 0. The molecule has 6 nitrogen and oxygen atoms in total. The topological polar surface area (TPSA) is 120 Å². The van der Waals surface area contributed by atoms with Gasteiger partial charge in [-0.3, -0.25) is 13.7 Å². The van der Waals surface area contributed by atoms with Crippen molar-refractivity contribution in [1.82, 2.24) is 0 Å². The van der Waals surface area contributed by atoms with E-state index in [0.29, 0.717) is 0 Å². The van der Waals surface area contributed by atoms with Gasteiger partial charge in [0.15, 0.2) is 0 Å². The predicted octanol–water partition coefficient (Wildman–Crippen LogP) is 1.18. The average Bonchev–Trinajstić information content (AvgIpc) is 1.41. The van der Waals surface area contributed by atoms with Crippen LogP contribution in [0.2, 0.25) is 0 Å². The number of hydrogen-bond acceptors (Lipinski definition) is 6. The molecular weight excluding hydrogens is 470 g/mol. The molecule has 0 aromatic carbocycles. The molecular formula is ErF6O6P3. The normalized spacial score (nSPS) is 11.1. The molecule has 0 aromatic heterocycles. The van der Waals surface area contributed by atoms with Crippen LogP contribution in [0.15, 0.2) is 0 Å². The van der Waals surface area contributed by atoms with E-state index in [1.165, 1.54) is 0 Å². The van der Waals surface area contributed by atoms with Crippen molar-refractivity contribution in [3.05, 3.63) is 0 Å². The summed E-state index contributed by atoms with van der Waals surface area (Å²) in [5, 5.41) is 0. The Hall–Kier alpha value is 1.40. The van der Waals surface area contributed by atoms with Gasteiger partial charge in [0.1, 0.15) is 0 Å². The van der Waals surface area contributed by atoms with Crippen LogP contribution in [0.5, 0.6) is 0 Å². The SMILES string of the molecule is O=P([O-])(F)F.O=P([O-])(F)F.O=P([O-])(F)F.[Er+3]. The van der Waals surface area contributed by atoms with Crippen molar-refractivity contribution in [2.45, 2.75) is 0 Å². The molecule has 0 saturated carbocycles. The molecule has 0 spiro atoms. The Morgan fingerprint density at radius 1 is 0.562 bits per heavy atom. The fourth-order valence-corrected chi connectivity index (χ4v) is 0. The fraction of sp³-hybridized carbons (Fsp3) is 0. The first-order chi connectivity index (χ1) is 6.00. The number of halogens is 6. The van der Waals surface area contributed by atoms with E-state index in [1.807, 2.05) is 0 Å². The Morgan fingerprint density at radius 3 is 0.562 bits per heavy atom. The maximum Gasteiger partial charge on any atom is 3.00 e. The molecule has 0 aromatic rings. The maximum atomic E-state index is 10.0. The van der Waals surface area contributed by atoms with Gasteiger partial charge in [-0.15, -0.1) is 0 Å². The second-order valence-electron chi connectivity index (χ2n) is 1.24. The number of hydrogen-bond donors (Lipinski definition) is 0. The first-order valence-corrected chi connectivity index (χ1v) is 6.33. The maximum absolute atomic E-state index is 10.0. The van der Waals surface area contributed by atoms with Crippen molar-refractivity contribution in [1.29, 1.82) is 0 Å². The van der Waals surface area contributed by atoms with Crippen LogP contribution in [0.25, 0.3) is 0 Å². The standard InChI is InChI=1S/Er.3F2HO2P/c;3*1-5(2,3)4/h;3*(H,3,4)/q+3;;;/p-3. The first kappa shape index (κ1) is 26.1. The van der Waals surface area contributed by atoms with Gasteiger partial charge in [-0.05, 0) is 0 Å². The molecule has 0 heterocycles. The van der Waals surface area contributed by atoms with E-state index in [2.05, 4.69) is 0 Å².